The summed E-state index contributed by atoms with van der Waals surface area (Å²) < 4.78 is 2.37. The number of hydrogen-bond donors (Lipinski definition) is 1. The molecule has 0 fully saturated rings. The van der Waals surface area contributed by atoms with Crippen LogP contribution in [0.15, 0.2) is 48.7 Å². The van der Waals surface area contributed by atoms with Crippen molar-refractivity contribution in [2.75, 3.05) is 18.4 Å². The highest BCUT2D eigenvalue weighted by Gasteiger charge is 2.23. The lowest BCUT2D eigenvalue weighted by Gasteiger charge is -2.30. The van der Waals surface area contributed by atoms with Crippen molar-refractivity contribution in [3.05, 3.63) is 59.9 Å². The van der Waals surface area contributed by atoms with Gasteiger partial charge in [-0.2, -0.15) is 0 Å². The molecule has 1 aliphatic heterocycles. The number of fused-ring (bicyclic) bond motifs is 3. The summed E-state index contributed by atoms with van der Waals surface area (Å²) in [6.07, 6.45) is 2.96. The summed E-state index contributed by atoms with van der Waals surface area (Å²) in [5.74, 6) is 0.951. The molecular formula is C20H24N4. The van der Waals surface area contributed by atoms with Crippen LogP contribution in [0.5, 0.6) is 0 Å². The van der Waals surface area contributed by atoms with Crippen molar-refractivity contribution in [1.82, 2.24) is 14.5 Å². The van der Waals surface area contributed by atoms with Gasteiger partial charge in [-0.3, -0.25) is 4.90 Å². The standard InChI is InChI=1S/C20H24N4/c1-15(22-20-9-5-6-11-21-20)13-24-12-10-17-16-7-3-4-8-18(16)23(2)19(17)14-24/h3-9,11,15H,10,12-14H2,1-2H3,(H,21,22). The topological polar surface area (TPSA) is 33.1 Å². The number of nitrogens with zero attached hydrogens (tertiary/aromatic N) is 3. The van der Waals surface area contributed by atoms with Crippen LogP contribution in [0.1, 0.15) is 18.2 Å². The average Bonchev–Trinajstić information content (AvgIpc) is 2.89. The lowest BCUT2D eigenvalue weighted by molar-refractivity contribution is 0.241. The highest BCUT2D eigenvalue weighted by atomic mass is 15.2. The van der Waals surface area contributed by atoms with E-state index >= 15 is 0 Å². The first-order valence-corrected chi connectivity index (χ1v) is 8.67. The molecule has 0 aliphatic carbocycles. The average molecular weight is 320 g/mol. The molecule has 3 heterocycles. The Kier molecular flexibility index (Phi) is 3.98. The van der Waals surface area contributed by atoms with Gasteiger partial charge >= 0.3 is 0 Å². The monoisotopic (exact) mass is 320 g/mol. The van der Waals surface area contributed by atoms with E-state index < -0.39 is 0 Å². The van der Waals surface area contributed by atoms with Gasteiger partial charge in [-0.25, -0.2) is 4.98 Å². The first-order valence-electron chi connectivity index (χ1n) is 8.67. The summed E-state index contributed by atoms with van der Waals surface area (Å²) in [6.45, 7) is 5.40. The molecule has 0 radical (unpaired) electrons. The predicted octanol–water partition coefficient (Wildman–Crippen LogP) is 3.43. The highest BCUT2D eigenvalue weighted by Crippen LogP contribution is 2.29. The minimum atomic E-state index is 0.371. The van der Waals surface area contributed by atoms with Crippen molar-refractivity contribution in [3.8, 4) is 0 Å². The molecule has 4 nitrogen and oxygen atoms in total. The molecule has 0 bridgehead atoms. The summed E-state index contributed by atoms with van der Waals surface area (Å²) >= 11 is 0. The van der Waals surface area contributed by atoms with Gasteiger partial charge in [-0.1, -0.05) is 24.3 Å². The summed E-state index contributed by atoms with van der Waals surface area (Å²) in [6, 6.07) is 15.1. The Balaban J connectivity index is 1.48. The van der Waals surface area contributed by atoms with Crippen molar-refractivity contribution in [2.24, 2.45) is 7.05 Å². The van der Waals surface area contributed by atoms with Gasteiger partial charge in [0.15, 0.2) is 0 Å². The fourth-order valence-electron chi connectivity index (χ4n) is 3.86. The van der Waals surface area contributed by atoms with Crippen molar-refractivity contribution in [1.29, 1.82) is 0 Å². The highest BCUT2D eigenvalue weighted by molar-refractivity contribution is 5.85. The Bertz CT molecular complexity index is 837. The molecule has 1 N–H and O–H groups in total. The van der Waals surface area contributed by atoms with E-state index in [0.29, 0.717) is 6.04 Å². The minimum Gasteiger partial charge on any atom is -0.366 e. The molecule has 0 saturated heterocycles. The molecule has 1 atom stereocenters. The van der Waals surface area contributed by atoms with Gasteiger partial charge in [0.25, 0.3) is 0 Å². The molecule has 24 heavy (non-hydrogen) atoms. The van der Waals surface area contributed by atoms with Crippen molar-refractivity contribution < 1.29 is 0 Å². The van der Waals surface area contributed by atoms with E-state index in [-0.39, 0.29) is 0 Å². The minimum absolute atomic E-state index is 0.371. The molecule has 124 valence electrons. The normalized spacial score (nSPS) is 16.1. The fourth-order valence-corrected chi connectivity index (χ4v) is 3.86. The molecular weight excluding hydrogens is 296 g/mol. The van der Waals surface area contributed by atoms with E-state index in [1.165, 1.54) is 22.2 Å². The van der Waals surface area contributed by atoms with Crippen molar-refractivity contribution in [3.63, 3.8) is 0 Å². The molecule has 4 heteroatoms. The smallest absolute Gasteiger partial charge is 0.126 e. The largest absolute Gasteiger partial charge is 0.366 e. The second kappa shape index (κ2) is 6.29. The first-order chi connectivity index (χ1) is 11.7. The molecule has 3 aromatic rings. The Labute approximate surface area is 143 Å². The van der Waals surface area contributed by atoms with Crippen LogP contribution in [-0.4, -0.2) is 33.6 Å². The Morgan fingerprint density at radius 2 is 2.00 bits per heavy atom. The van der Waals surface area contributed by atoms with Gasteiger partial charge in [0, 0.05) is 55.5 Å². The number of anilines is 1. The van der Waals surface area contributed by atoms with Gasteiger partial charge in [-0.15, -0.1) is 0 Å². The van der Waals surface area contributed by atoms with Crippen LogP contribution >= 0.6 is 0 Å². The van der Waals surface area contributed by atoms with E-state index in [2.05, 4.69) is 58.0 Å². The SMILES string of the molecule is CC(CN1CCc2c(n(C)c3ccccc23)C1)Nc1ccccn1. The van der Waals surface area contributed by atoms with Crippen LogP contribution in [-0.2, 0) is 20.0 Å². The summed E-state index contributed by atoms with van der Waals surface area (Å²) in [5, 5.41) is 4.92. The van der Waals surface area contributed by atoms with Crippen LogP contribution in [0, 0.1) is 0 Å². The molecule has 1 unspecified atom stereocenters. The maximum atomic E-state index is 4.36. The van der Waals surface area contributed by atoms with Crippen LogP contribution in [0.25, 0.3) is 10.9 Å². The van der Waals surface area contributed by atoms with Gasteiger partial charge in [0.2, 0.25) is 0 Å². The summed E-state index contributed by atoms with van der Waals surface area (Å²) in [7, 11) is 2.19. The number of para-hydroxylation sites is 1. The third-order valence-corrected chi connectivity index (χ3v) is 4.99. The van der Waals surface area contributed by atoms with E-state index in [1.807, 2.05) is 24.4 Å². The third-order valence-electron chi connectivity index (χ3n) is 4.99. The summed E-state index contributed by atoms with van der Waals surface area (Å²) in [4.78, 5) is 6.90. The number of nitrogens with one attached hydrogen (secondary N) is 1. The maximum Gasteiger partial charge on any atom is 0.126 e. The number of rotatable bonds is 4. The Morgan fingerprint density at radius 1 is 1.17 bits per heavy atom. The number of pyridine rings is 1. The lowest BCUT2D eigenvalue weighted by Crippen LogP contribution is -2.38. The quantitative estimate of drug-likeness (QED) is 0.799. The zero-order valence-corrected chi connectivity index (χ0v) is 14.4. The molecule has 4 rings (SSSR count). The van der Waals surface area contributed by atoms with E-state index in [1.54, 1.807) is 0 Å². The molecule has 0 saturated carbocycles. The van der Waals surface area contributed by atoms with E-state index in [9.17, 15) is 0 Å². The number of aromatic nitrogens is 2. The van der Waals surface area contributed by atoms with Crippen LogP contribution in [0.2, 0.25) is 0 Å². The molecule has 2 aromatic heterocycles. The molecule has 0 spiro atoms. The first kappa shape index (κ1) is 15.2. The predicted molar refractivity (Wildman–Crippen MR) is 99.2 cm³/mol. The Morgan fingerprint density at radius 3 is 2.83 bits per heavy atom. The number of hydrogen-bond acceptors (Lipinski definition) is 3. The van der Waals surface area contributed by atoms with Crippen LogP contribution < -0.4 is 5.32 Å². The maximum absolute atomic E-state index is 4.36. The molecule has 1 aromatic carbocycles. The lowest BCUT2D eigenvalue weighted by atomic mass is 10.0. The molecule has 0 amide bonds. The third kappa shape index (κ3) is 2.78. The number of benzene rings is 1. The van der Waals surface area contributed by atoms with Gasteiger partial charge in [0.05, 0.1) is 0 Å². The number of aryl methyl sites for hydroxylation is 1. The van der Waals surface area contributed by atoms with Gasteiger partial charge in [0.1, 0.15) is 5.82 Å². The zero-order chi connectivity index (χ0) is 16.5. The molecule has 1 aliphatic rings. The van der Waals surface area contributed by atoms with Crippen LogP contribution in [0.4, 0.5) is 5.82 Å². The van der Waals surface area contributed by atoms with Crippen LogP contribution in [0.3, 0.4) is 0 Å². The Hall–Kier alpha value is -2.33. The fraction of sp³-hybridized carbons (Fsp3) is 0.350. The van der Waals surface area contributed by atoms with Gasteiger partial charge < -0.3 is 9.88 Å². The van der Waals surface area contributed by atoms with Crippen molar-refractivity contribution >= 4 is 16.7 Å². The van der Waals surface area contributed by atoms with E-state index in [0.717, 1.165) is 31.9 Å². The van der Waals surface area contributed by atoms with E-state index in [4.69, 9.17) is 0 Å². The van der Waals surface area contributed by atoms with Crippen molar-refractivity contribution in [2.45, 2.75) is 25.9 Å². The van der Waals surface area contributed by atoms with Gasteiger partial charge in [-0.05, 0) is 37.1 Å². The summed E-state index contributed by atoms with van der Waals surface area (Å²) in [5.41, 5.74) is 4.35. The second-order valence-corrected chi connectivity index (χ2v) is 6.75. The zero-order valence-electron chi connectivity index (χ0n) is 14.4. The second-order valence-electron chi connectivity index (χ2n) is 6.75.